The molecule has 0 atom stereocenters. The third kappa shape index (κ3) is 4.53. The summed E-state index contributed by atoms with van der Waals surface area (Å²) in [7, 11) is -3.93. The predicted octanol–water partition coefficient (Wildman–Crippen LogP) is 1.72. The Morgan fingerprint density at radius 3 is 2.78 bits per heavy atom. The molecule has 0 bridgehead atoms. The fourth-order valence-electron chi connectivity index (χ4n) is 2.05. The summed E-state index contributed by atoms with van der Waals surface area (Å²) in [6.45, 7) is 3.39. The Bertz CT molecular complexity index is 1060. The smallest absolute Gasteiger partial charge is 0.270 e. The molecule has 1 amide bonds. The van der Waals surface area contributed by atoms with Crippen LogP contribution in [0.3, 0.4) is 0 Å². The lowest BCUT2D eigenvalue weighted by Gasteiger charge is -2.00. The average molecular weight is 408 g/mol. The fraction of sp³-hybridized carbons (Fsp3) is 0.267. The number of hydrogen-bond donors (Lipinski definition) is 2. The first-order valence-corrected chi connectivity index (χ1v) is 10.2. The zero-order valence-corrected chi connectivity index (χ0v) is 16.1. The lowest BCUT2D eigenvalue weighted by molar-refractivity contribution is -0.115. The molecule has 0 saturated carbocycles. The van der Waals surface area contributed by atoms with Crippen molar-refractivity contribution < 1.29 is 17.7 Å². The number of rotatable bonds is 7. The highest BCUT2D eigenvalue weighted by Crippen LogP contribution is 2.21. The van der Waals surface area contributed by atoms with Gasteiger partial charge in [0, 0.05) is 12.0 Å². The van der Waals surface area contributed by atoms with Crippen LogP contribution in [-0.2, 0) is 21.4 Å². The van der Waals surface area contributed by atoms with E-state index in [2.05, 4.69) is 30.4 Å². The van der Waals surface area contributed by atoms with Crippen LogP contribution in [0.2, 0.25) is 0 Å². The maximum atomic E-state index is 12.3. The van der Waals surface area contributed by atoms with Gasteiger partial charge in [0.25, 0.3) is 10.0 Å². The average Bonchev–Trinajstić information content (AvgIpc) is 3.30. The molecule has 2 aromatic heterocycles. The highest BCUT2D eigenvalue weighted by molar-refractivity contribution is 7.91. The third-order valence-electron chi connectivity index (χ3n) is 3.47. The zero-order valence-electron chi connectivity index (χ0n) is 14.5. The van der Waals surface area contributed by atoms with Crippen molar-refractivity contribution in [1.82, 2.24) is 25.1 Å². The molecule has 3 aromatic rings. The van der Waals surface area contributed by atoms with Crippen molar-refractivity contribution in [3.05, 3.63) is 35.7 Å². The van der Waals surface area contributed by atoms with E-state index in [1.807, 2.05) is 31.2 Å². The van der Waals surface area contributed by atoms with Gasteiger partial charge in [0.2, 0.25) is 27.1 Å². The first kappa shape index (κ1) is 19.1. The Labute approximate surface area is 159 Å². The largest absolute Gasteiger partial charge is 0.338 e. The molecule has 2 N–H and O–H groups in total. The van der Waals surface area contributed by atoms with Crippen LogP contribution in [0, 0.1) is 6.92 Å². The summed E-state index contributed by atoms with van der Waals surface area (Å²) in [6.07, 6.45) is 0.250. The van der Waals surface area contributed by atoms with Crippen molar-refractivity contribution in [2.45, 2.75) is 31.2 Å². The Morgan fingerprint density at radius 2 is 2.04 bits per heavy atom. The maximum absolute atomic E-state index is 12.3. The van der Waals surface area contributed by atoms with Crippen LogP contribution in [-0.4, -0.2) is 34.7 Å². The van der Waals surface area contributed by atoms with E-state index in [9.17, 15) is 13.2 Å². The second-order valence-electron chi connectivity index (χ2n) is 5.43. The number of hydrogen-bond acceptors (Lipinski definition) is 9. The number of carbonyl (C=O) groups excluding carboxylic acids is 1. The van der Waals surface area contributed by atoms with Gasteiger partial charge in [-0.15, -0.1) is 10.2 Å². The van der Waals surface area contributed by atoms with Crippen molar-refractivity contribution in [1.29, 1.82) is 0 Å². The predicted molar refractivity (Wildman–Crippen MR) is 97.3 cm³/mol. The quantitative estimate of drug-likeness (QED) is 0.563. The van der Waals surface area contributed by atoms with Crippen LogP contribution in [0.1, 0.15) is 24.8 Å². The second kappa shape index (κ2) is 7.90. The van der Waals surface area contributed by atoms with E-state index in [4.69, 9.17) is 4.52 Å². The van der Waals surface area contributed by atoms with Crippen molar-refractivity contribution in [3.8, 4) is 11.4 Å². The topological polar surface area (TPSA) is 140 Å². The maximum Gasteiger partial charge on any atom is 0.270 e. The molecular weight excluding hydrogens is 392 g/mol. The summed E-state index contributed by atoms with van der Waals surface area (Å²) < 4.78 is 31.8. The molecule has 12 heteroatoms. The molecule has 2 heterocycles. The van der Waals surface area contributed by atoms with Crippen molar-refractivity contribution >= 4 is 32.4 Å². The van der Waals surface area contributed by atoms with E-state index in [0.29, 0.717) is 5.82 Å². The monoisotopic (exact) mass is 408 g/mol. The summed E-state index contributed by atoms with van der Waals surface area (Å²) >= 11 is 0.751. The van der Waals surface area contributed by atoms with Crippen LogP contribution >= 0.6 is 11.3 Å². The molecule has 27 heavy (non-hydrogen) atoms. The van der Waals surface area contributed by atoms with E-state index in [1.54, 1.807) is 6.92 Å². The highest BCUT2D eigenvalue weighted by Gasteiger charge is 2.22. The van der Waals surface area contributed by atoms with E-state index in [-0.39, 0.29) is 34.2 Å². The van der Waals surface area contributed by atoms with Crippen molar-refractivity contribution in [2.75, 3.05) is 5.32 Å². The summed E-state index contributed by atoms with van der Waals surface area (Å²) in [5.41, 5.74) is 1.77. The van der Waals surface area contributed by atoms with Gasteiger partial charge >= 0.3 is 0 Å². The minimum absolute atomic E-state index is 0.112. The molecule has 0 aliphatic heterocycles. The van der Waals surface area contributed by atoms with Crippen LogP contribution in [0.4, 0.5) is 5.13 Å². The number of sulfonamides is 1. The first-order chi connectivity index (χ1) is 12.9. The minimum Gasteiger partial charge on any atom is -0.338 e. The van der Waals surface area contributed by atoms with Gasteiger partial charge in [-0.3, -0.25) is 4.79 Å². The van der Waals surface area contributed by atoms with Crippen LogP contribution in [0.5, 0.6) is 0 Å². The summed E-state index contributed by atoms with van der Waals surface area (Å²) in [5, 5.41) is 13.7. The van der Waals surface area contributed by atoms with E-state index < -0.39 is 10.0 Å². The number of benzene rings is 1. The lowest BCUT2D eigenvalue weighted by Crippen LogP contribution is -2.23. The summed E-state index contributed by atoms with van der Waals surface area (Å²) in [5.74, 6) is 0.210. The van der Waals surface area contributed by atoms with Gasteiger partial charge in [-0.2, -0.15) is 9.71 Å². The van der Waals surface area contributed by atoms with E-state index in [1.165, 1.54) is 0 Å². The minimum atomic E-state index is -3.93. The third-order valence-corrected chi connectivity index (χ3v) is 6.08. The van der Waals surface area contributed by atoms with Gasteiger partial charge in [-0.05, 0) is 12.5 Å². The zero-order chi connectivity index (χ0) is 19.4. The molecule has 0 aliphatic rings. The number of amides is 1. The molecule has 0 radical (unpaired) electrons. The Kier molecular flexibility index (Phi) is 5.58. The van der Waals surface area contributed by atoms with E-state index in [0.717, 1.165) is 22.5 Å². The molecule has 1 aromatic carbocycles. The fourth-order valence-corrected chi connectivity index (χ4v) is 3.99. The number of aryl methyl sites for hydroxylation is 1. The first-order valence-electron chi connectivity index (χ1n) is 7.90. The van der Waals surface area contributed by atoms with Gasteiger partial charge in [-0.1, -0.05) is 47.7 Å². The normalized spacial score (nSPS) is 11.5. The van der Waals surface area contributed by atoms with Crippen LogP contribution in [0.15, 0.2) is 33.1 Å². The molecule has 0 unspecified atom stereocenters. The summed E-state index contributed by atoms with van der Waals surface area (Å²) in [4.78, 5) is 15.5. The van der Waals surface area contributed by atoms with Crippen molar-refractivity contribution in [3.63, 3.8) is 0 Å². The molecule has 0 spiro atoms. The number of nitrogens with one attached hydrogen (secondary N) is 2. The Hall–Kier alpha value is -2.70. The highest BCUT2D eigenvalue weighted by atomic mass is 32.2. The van der Waals surface area contributed by atoms with Gasteiger partial charge in [0.05, 0.1) is 6.54 Å². The van der Waals surface area contributed by atoms with Crippen molar-refractivity contribution in [2.24, 2.45) is 0 Å². The van der Waals surface area contributed by atoms with Gasteiger partial charge in [0.15, 0.2) is 0 Å². The van der Waals surface area contributed by atoms with E-state index >= 15 is 0 Å². The second-order valence-corrected chi connectivity index (χ2v) is 8.34. The molecule has 0 fully saturated rings. The number of anilines is 1. The molecule has 10 nitrogen and oxygen atoms in total. The number of carbonyl (C=O) groups is 1. The van der Waals surface area contributed by atoms with Crippen LogP contribution < -0.4 is 10.0 Å². The Morgan fingerprint density at radius 1 is 1.26 bits per heavy atom. The molecule has 0 aliphatic carbocycles. The van der Waals surface area contributed by atoms with Gasteiger partial charge in [-0.25, -0.2) is 8.42 Å². The number of aromatic nitrogens is 4. The number of nitrogens with zero attached hydrogens (tertiary/aromatic N) is 4. The van der Waals surface area contributed by atoms with Gasteiger partial charge < -0.3 is 9.84 Å². The van der Waals surface area contributed by atoms with Crippen LogP contribution in [0.25, 0.3) is 11.4 Å². The Balaban J connectivity index is 1.68. The standard InChI is InChI=1S/C15H16N6O4S2/c1-3-11(22)17-14-19-20-15(26-14)27(23,24)16-8-12-18-13(21-25-12)10-7-5-4-6-9(10)2/h4-7,16H,3,8H2,1-2H3,(H,17,19,22). The molecule has 142 valence electrons. The molecular formula is C15H16N6O4S2. The molecule has 3 rings (SSSR count). The summed E-state index contributed by atoms with van der Waals surface area (Å²) in [6, 6.07) is 7.51. The lowest BCUT2D eigenvalue weighted by atomic mass is 10.1. The van der Waals surface area contributed by atoms with Gasteiger partial charge in [0.1, 0.15) is 0 Å². The molecule has 0 saturated heterocycles. The SMILES string of the molecule is CCC(=O)Nc1nnc(S(=O)(=O)NCc2nc(-c3ccccc3C)no2)s1.